The topological polar surface area (TPSA) is 109 Å². The third kappa shape index (κ3) is 5.60. The van der Waals surface area contributed by atoms with Gasteiger partial charge in [0.1, 0.15) is 5.52 Å². The molecule has 0 atom stereocenters. The fourth-order valence-electron chi connectivity index (χ4n) is 3.21. The summed E-state index contributed by atoms with van der Waals surface area (Å²) < 4.78 is 66.5. The number of alkyl halides is 3. The maximum Gasteiger partial charge on any atom is 0.416 e. The number of aromatic nitrogens is 3. The van der Waals surface area contributed by atoms with Crippen LogP contribution in [0.1, 0.15) is 19.4 Å². The van der Waals surface area contributed by atoms with Gasteiger partial charge in [0.05, 0.1) is 22.5 Å². The highest BCUT2D eigenvalue weighted by atomic mass is 32.2. The van der Waals surface area contributed by atoms with Crippen molar-refractivity contribution in [2.45, 2.75) is 31.5 Å². The molecule has 0 saturated carbocycles. The molecule has 0 unspecified atom stereocenters. The van der Waals surface area contributed by atoms with Gasteiger partial charge < -0.3 is 10.6 Å². The molecular formula is C20H23F3N6O3S. The average molecular weight is 485 g/mol. The standard InChI is InChI=1S/C20H23F3N6O3S/c1-3-28(4-2)33(31,32)16-8-9-18-17(13-16)26-27-29(18)11-10-24-19(30)25-15-7-5-6-14(12-15)20(21,22)23/h5-9,12-13H,3-4,10-11H2,1-2H3,(H2,24,25,30). The maximum absolute atomic E-state index is 12.8. The first-order valence-electron chi connectivity index (χ1n) is 10.1. The van der Waals surface area contributed by atoms with E-state index in [1.54, 1.807) is 19.9 Å². The van der Waals surface area contributed by atoms with Crippen molar-refractivity contribution in [3.63, 3.8) is 0 Å². The minimum absolute atomic E-state index is 0.00970. The molecule has 0 bridgehead atoms. The number of rotatable bonds is 8. The predicted molar refractivity (Wildman–Crippen MR) is 116 cm³/mol. The molecule has 0 aliphatic carbocycles. The van der Waals surface area contributed by atoms with Gasteiger partial charge in [-0.1, -0.05) is 25.1 Å². The summed E-state index contributed by atoms with van der Waals surface area (Å²) >= 11 is 0. The Labute approximate surface area is 188 Å². The van der Waals surface area contributed by atoms with Gasteiger partial charge in [0, 0.05) is 25.3 Å². The van der Waals surface area contributed by atoms with Crippen LogP contribution >= 0.6 is 0 Å². The third-order valence-corrected chi connectivity index (χ3v) is 6.93. The van der Waals surface area contributed by atoms with E-state index in [9.17, 15) is 26.4 Å². The van der Waals surface area contributed by atoms with Gasteiger partial charge in [0.2, 0.25) is 10.0 Å². The van der Waals surface area contributed by atoms with E-state index in [-0.39, 0.29) is 23.7 Å². The van der Waals surface area contributed by atoms with Crippen LogP contribution in [0, 0.1) is 0 Å². The van der Waals surface area contributed by atoms with Crippen LogP contribution in [0.5, 0.6) is 0 Å². The zero-order valence-electron chi connectivity index (χ0n) is 17.9. The Morgan fingerprint density at radius 1 is 1.12 bits per heavy atom. The van der Waals surface area contributed by atoms with Crippen molar-refractivity contribution in [3.05, 3.63) is 48.0 Å². The number of benzene rings is 2. The molecule has 0 fully saturated rings. The van der Waals surface area contributed by atoms with Crippen molar-refractivity contribution >= 4 is 32.8 Å². The summed E-state index contributed by atoms with van der Waals surface area (Å²) in [5, 5.41) is 12.9. The Kier molecular flexibility index (Phi) is 7.22. The first-order valence-corrected chi connectivity index (χ1v) is 11.6. The number of halogens is 3. The number of amides is 2. The van der Waals surface area contributed by atoms with Crippen LogP contribution in [-0.4, -0.2) is 53.4 Å². The second-order valence-electron chi connectivity index (χ2n) is 7.01. The van der Waals surface area contributed by atoms with E-state index < -0.39 is 27.8 Å². The van der Waals surface area contributed by atoms with Gasteiger partial charge in [-0.3, -0.25) is 0 Å². The molecule has 0 aliphatic rings. The van der Waals surface area contributed by atoms with E-state index in [0.717, 1.165) is 12.1 Å². The minimum Gasteiger partial charge on any atom is -0.336 e. The number of fused-ring (bicyclic) bond motifs is 1. The van der Waals surface area contributed by atoms with Gasteiger partial charge in [-0.2, -0.15) is 17.5 Å². The minimum atomic E-state index is -4.51. The summed E-state index contributed by atoms with van der Waals surface area (Å²) in [6.45, 7) is 4.53. The highest BCUT2D eigenvalue weighted by molar-refractivity contribution is 7.89. The van der Waals surface area contributed by atoms with E-state index in [0.29, 0.717) is 24.1 Å². The number of anilines is 1. The average Bonchev–Trinajstić information content (AvgIpc) is 3.16. The van der Waals surface area contributed by atoms with Crippen LogP contribution in [0.2, 0.25) is 0 Å². The Morgan fingerprint density at radius 3 is 2.52 bits per heavy atom. The molecule has 9 nitrogen and oxygen atoms in total. The summed E-state index contributed by atoms with van der Waals surface area (Å²) in [5.41, 5.74) is 0.109. The monoisotopic (exact) mass is 484 g/mol. The molecule has 2 amide bonds. The second-order valence-corrected chi connectivity index (χ2v) is 8.95. The van der Waals surface area contributed by atoms with Crippen molar-refractivity contribution < 1.29 is 26.4 Å². The predicted octanol–water partition coefficient (Wildman–Crippen LogP) is 3.30. The number of nitrogens with one attached hydrogen (secondary N) is 2. The lowest BCUT2D eigenvalue weighted by Crippen LogP contribution is -2.31. The molecule has 1 aromatic heterocycles. The number of urea groups is 1. The van der Waals surface area contributed by atoms with Crippen LogP contribution < -0.4 is 10.6 Å². The van der Waals surface area contributed by atoms with Crippen molar-refractivity contribution in [1.82, 2.24) is 24.6 Å². The number of hydrogen-bond acceptors (Lipinski definition) is 5. The lowest BCUT2D eigenvalue weighted by atomic mass is 10.2. The van der Waals surface area contributed by atoms with Gasteiger partial charge in [-0.05, 0) is 36.4 Å². The van der Waals surface area contributed by atoms with Crippen LogP contribution in [0.25, 0.3) is 11.0 Å². The Balaban J connectivity index is 1.62. The molecule has 1 heterocycles. The van der Waals surface area contributed by atoms with Crippen LogP contribution in [0.15, 0.2) is 47.4 Å². The zero-order chi connectivity index (χ0) is 24.2. The first-order chi connectivity index (χ1) is 15.6. The zero-order valence-corrected chi connectivity index (χ0v) is 18.7. The van der Waals surface area contributed by atoms with Gasteiger partial charge in [0.25, 0.3) is 0 Å². The Bertz CT molecular complexity index is 1240. The molecular weight excluding hydrogens is 461 g/mol. The van der Waals surface area contributed by atoms with Gasteiger partial charge >= 0.3 is 12.2 Å². The van der Waals surface area contributed by atoms with Crippen LogP contribution in [0.4, 0.5) is 23.7 Å². The summed E-state index contributed by atoms with van der Waals surface area (Å²) in [6, 6.07) is 8.15. The van der Waals surface area contributed by atoms with Crippen molar-refractivity contribution in [3.8, 4) is 0 Å². The molecule has 33 heavy (non-hydrogen) atoms. The molecule has 178 valence electrons. The summed E-state index contributed by atoms with van der Waals surface area (Å²) in [6.07, 6.45) is -4.51. The van der Waals surface area contributed by atoms with Gasteiger partial charge in [-0.15, -0.1) is 5.10 Å². The SMILES string of the molecule is CCN(CC)S(=O)(=O)c1ccc2c(c1)nnn2CCNC(=O)Nc1cccc(C(F)(F)F)c1. The fraction of sp³-hybridized carbons (Fsp3) is 0.350. The van der Waals surface area contributed by atoms with Crippen LogP contribution in [-0.2, 0) is 22.7 Å². The summed E-state index contributed by atoms with van der Waals surface area (Å²) in [5.74, 6) is 0. The molecule has 13 heteroatoms. The molecule has 0 radical (unpaired) electrons. The maximum atomic E-state index is 12.8. The highest BCUT2D eigenvalue weighted by Crippen LogP contribution is 2.30. The fourth-order valence-corrected chi connectivity index (χ4v) is 4.69. The Morgan fingerprint density at radius 2 is 1.85 bits per heavy atom. The van der Waals surface area contributed by atoms with Gasteiger partial charge in [0.15, 0.2) is 0 Å². The summed E-state index contributed by atoms with van der Waals surface area (Å²) in [4.78, 5) is 12.1. The van der Waals surface area contributed by atoms with Crippen molar-refractivity contribution in [2.75, 3.05) is 25.0 Å². The molecule has 3 aromatic rings. The van der Waals surface area contributed by atoms with E-state index in [4.69, 9.17) is 0 Å². The van der Waals surface area contributed by atoms with Crippen molar-refractivity contribution in [2.24, 2.45) is 0 Å². The number of carbonyl (C=O) groups is 1. The smallest absolute Gasteiger partial charge is 0.336 e. The highest BCUT2D eigenvalue weighted by Gasteiger charge is 2.30. The first kappa shape index (κ1) is 24.5. The molecule has 2 N–H and O–H groups in total. The molecule has 2 aromatic carbocycles. The molecule has 0 aliphatic heterocycles. The number of nitrogens with zero attached hydrogens (tertiary/aromatic N) is 4. The number of hydrogen-bond donors (Lipinski definition) is 2. The lowest BCUT2D eigenvalue weighted by Gasteiger charge is -2.18. The Hall–Kier alpha value is -3.19. The van der Waals surface area contributed by atoms with Crippen LogP contribution in [0.3, 0.4) is 0 Å². The normalized spacial score (nSPS) is 12.3. The van der Waals surface area contributed by atoms with E-state index in [1.165, 1.54) is 33.3 Å². The molecule has 0 spiro atoms. The largest absolute Gasteiger partial charge is 0.416 e. The second kappa shape index (κ2) is 9.75. The number of sulfonamides is 1. The quantitative estimate of drug-likeness (QED) is 0.510. The third-order valence-electron chi connectivity index (χ3n) is 4.89. The van der Waals surface area contributed by atoms with E-state index in [1.807, 2.05) is 0 Å². The molecule has 3 rings (SSSR count). The lowest BCUT2D eigenvalue weighted by molar-refractivity contribution is -0.137. The van der Waals surface area contributed by atoms with Crippen molar-refractivity contribution in [1.29, 1.82) is 0 Å². The van der Waals surface area contributed by atoms with E-state index >= 15 is 0 Å². The molecule has 0 saturated heterocycles. The van der Waals surface area contributed by atoms with E-state index in [2.05, 4.69) is 20.9 Å². The van der Waals surface area contributed by atoms with Gasteiger partial charge in [-0.25, -0.2) is 17.9 Å². The number of carbonyl (C=O) groups excluding carboxylic acids is 1. The summed E-state index contributed by atoms with van der Waals surface area (Å²) in [7, 11) is -3.63.